The Morgan fingerprint density at radius 3 is 2.30 bits per heavy atom. The highest BCUT2D eigenvalue weighted by atomic mass is 32.2. The van der Waals surface area contributed by atoms with Gasteiger partial charge in [0.25, 0.3) is 10.0 Å². The SMILES string of the molecule is O=S(=O)(Nc1ccc(NCc2ccncc2)cc1)c1cccs1. The summed E-state index contributed by atoms with van der Waals surface area (Å²) in [6, 6.07) is 14.3. The van der Waals surface area contributed by atoms with Gasteiger partial charge in [0.05, 0.1) is 0 Å². The van der Waals surface area contributed by atoms with Crippen molar-refractivity contribution in [3.8, 4) is 0 Å². The van der Waals surface area contributed by atoms with Crippen molar-refractivity contribution in [1.29, 1.82) is 0 Å². The van der Waals surface area contributed by atoms with Crippen LogP contribution in [0.15, 0.2) is 70.5 Å². The summed E-state index contributed by atoms with van der Waals surface area (Å²) >= 11 is 1.19. The van der Waals surface area contributed by atoms with Crippen LogP contribution in [0.1, 0.15) is 5.56 Å². The smallest absolute Gasteiger partial charge is 0.271 e. The topological polar surface area (TPSA) is 71.1 Å². The molecule has 0 saturated carbocycles. The van der Waals surface area contributed by atoms with Gasteiger partial charge in [0.15, 0.2) is 0 Å². The first kappa shape index (κ1) is 15.5. The summed E-state index contributed by atoms with van der Waals surface area (Å²) in [6.45, 7) is 0.683. The maximum atomic E-state index is 12.1. The number of nitrogens with zero attached hydrogens (tertiary/aromatic N) is 1. The minimum Gasteiger partial charge on any atom is -0.381 e. The molecule has 0 bridgehead atoms. The van der Waals surface area contributed by atoms with Crippen LogP contribution in [-0.4, -0.2) is 13.4 Å². The van der Waals surface area contributed by atoms with Crippen molar-refractivity contribution in [2.75, 3.05) is 10.0 Å². The lowest BCUT2D eigenvalue weighted by Gasteiger charge is -2.09. The second-order valence-corrected chi connectivity index (χ2v) is 7.68. The van der Waals surface area contributed by atoms with Crippen molar-refractivity contribution in [3.05, 3.63) is 71.9 Å². The van der Waals surface area contributed by atoms with Crippen LogP contribution in [0.3, 0.4) is 0 Å². The fourth-order valence-electron chi connectivity index (χ4n) is 1.98. The number of thiophene rings is 1. The largest absolute Gasteiger partial charge is 0.381 e. The zero-order valence-corrected chi connectivity index (χ0v) is 13.8. The van der Waals surface area contributed by atoms with Gasteiger partial charge in [-0.2, -0.15) is 0 Å². The average Bonchev–Trinajstić information content (AvgIpc) is 3.10. The Balaban J connectivity index is 1.63. The number of hydrogen-bond acceptors (Lipinski definition) is 5. The summed E-state index contributed by atoms with van der Waals surface area (Å²) in [5.74, 6) is 0. The predicted octanol–water partition coefficient (Wildman–Crippen LogP) is 3.56. The number of rotatable bonds is 6. The summed E-state index contributed by atoms with van der Waals surface area (Å²) < 4.78 is 27.1. The fourth-order valence-corrected chi connectivity index (χ4v) is 4.03. The van der Waals surface area contributed by atoms with Gasteiger partial charge in [0, 0.05) is 30.3 Å². The van der Waals surface area contributed by atoms with E-state index in [-0.39, 0.29) is 0 Å². The molecular formula is C16H15N3O2S2. The molecule has 2 N–H and O–H groups in total. The molecule has 0 amide bonds. The third-order valence-corrected chi connectivity index (χ3v) is 5.92. The zero-order chi connectivity index (χ0) is 16.1. The Hall–Kier alpha value is -2.38. The van der Waals surface area contributed by atoms with Gasteiger partial charge in [0.1, 0.15) is 4.21 Å². The number of nitrogens with one attached hydrogen (secondary N) is 2. The molecule has 0 spiro atoms. The van der Waals surface area contributed by atoms with Crippen LogP contribution < -0.4 is 10.0 Å². The molecule has 1 aromatic carbocycles. The van der Waals surface area contributed by atoms with Crippen molar-refractivity contribution in [1.82, 2.24) is 4.98 Å². The molecule has 3 aromatic rings. The van der Waals surface area contributed by atoms with Crippen LogP contribution in [0, 0.1) is 0 Å². The lowest BCUT2D eigenvalue weighted by molar-refractivity contribution is 0.603. The highest BCUT2D eigenvalue weighted by Crippen LogP contribution is 2.21. The quantitative estimate of drug-likeness (QED) is 0.717. The van der Waals surface area contributed by atoms with Crippen LogP contribution in [0.4, 0.5) is 11.4 Å². The Kier molecular flexibility index (Phi) is 4.59. The van der Waals surface area contributed by atoms with Crippen LogP contribution in [0.25, 0.3) is 0 Å². The van der Waals surface area contributed by atoms with Crippen LogP contribution in [0.5, 0.6) is 0 Å². The Morgan fingerprint density at radius 2 is 1.65 bits per heavy atom. The number of pyridine rings is 1. The highest BCUT2D eigenvalue weighted by molar-refractivity contribution is 7.94. The second-order valence-electron chi connectivity index (χ2n) is 4.82. The van der Waals surface area contributed by atoms with Crippen LogP contribution in [0.2, 0.25) is 0 Å². The minimum atomic E-state index is -3.50. The number of hydrogen-bond donors (Lipinski definition) is 2. The molecule has 0 aliphatic carbocycles. The van der Waals surface area contributed by atoms with E-state index in [4.69, 9.17) is 0 Å². The Bertz CT molecular complexity index is 846. The molecule has 118 valence electrons. The van der Waals surface area contributed by atoms with Gasteiger partial charge in [0.2, 0.25) is 0 Å². The summed E-state index contributed by atoms with van der Waals surface area (Å²) in [6.07, 6.45) is 3.50. The van der Waals surface area contributed by atoms with E-state index in [1.54, 1.807) is 42.0 Å². The normalized spacial score (nSPS) is 11.1. The average molecular weight is 345 g/mol. The summed E-state index contributed by atoms with van der Waals surface area (Å²) in [5, 5.41) is 5.01. The molecule has 0 atom stereocenters. The van der Waals surface area contributed by atoms with Crippen LogP contribution in [-0.2, 0) is 16.6 Å². The first-order chi connectivity index (χ1) is 11.1. The molecule has 23 heavy (non-hydrogen) atoms. The lowest BCUT2D eigenvalue weighted by atomic mass is 10.2. The summed E-state index contributed by atoms with van der Waals surface area (Å²) in [7, 11) is -3.50. The first-order valence-corrected chi connectivity index (χ1v) is 9.29. The summed E-state index contributed by atoms with van der Waals surface area (Å²) in [4.78, 5) is 3.98. The van der Waals surface area contributed by atoms with Crippen LogP contribution >= 0.6 is 11.3 Å². The summed E-state index contributed by atoms with van der Waals surface area (Å²) in [5.41, 5.74) is 2.58. The standard InChI is InChI=1S/C16H15N3O2S2/c20-23(21,16-2-1-11-22-16)19-15-5-3-14(4-6-15)18-12-13-7-9-17-10-8-13/h1-11,18-19H,12H2. The zero-order valence-electron chi connectivity index (χ0n) is 12.1. The fraction of sp³-hybridized carbons (Fsp3) is 0.0625. The van der Waals surface area contributed by atoms with Crippen molar-refractivity contribution < 1.29 is 8.42 Å². The van der Waals surface area contributed by atoms with Gasteiger partial charge in [-0.15, -0.1) is 11.3 Å². The van der Waals surface area contributed by atoms with Gasteiger partial charge in [-0.1, -0.05) is 6.07 Å². The molecule has 2 heterocycles. The van der Waals surface area contributed by atoms with Crippen molar-refractivity contribution in [3.63, 3.8) is 0 Å². The molecule has 0 aliphatic heterocycles. The molecule has 5 nitrogen and oxygen atoms in total. The minimum absolute atomic E-state index is 0.303. The van der Waals surface area contributed by atoms with Crippen molar-refractivity contribution >= 4 is 32.7 Å². The number of benzene rings is 1. The van der Waals surface area contributed by atoms with E-state index in [0.717, 1.165) is 11.3 Å². The van der Waals surface area contributed by atoms with Crippen molar-refractivity contribution in [2.45, 2.75) is 10.8 Å². The lowest BCUT2D eigenvalue weighted by Crippen LogP contribution is -2.11. The van der Waals surface area contributed by atoms with E-state index in [9.17, 15) is 8.42 Å². The van der Waals surface area contributed by atoms with Gasteiger partial charge in [-0.25, -0.2) is 8.42 Å². The van der Waals surface area contributed by atoms with Crippen molar-refractivity contribution in [2.24, 2.45) is 0 Å². The number of anilines is 2. The van der Waals surface area contributed by atoms with E-state index < -0.39 is 10.0 Å². The Labute approximate surface area is 139 Å². The number of sulfonamides is 1. The van der Waals surface area contributed by atoms with E-state index in [1.165, 1.54) is 11.3 Å². The van der Waals surface area contributed by atoms with E-state index in [0.29, 0.717) is 16.4 Å². The van der Waals surface area contributed by atoms with Gasteiger partial charge in [-0.05, 0) is 53.4 Å². The molecule has 0 radical (unpaired) electrons. The first-order valence-electron chi connectivity index (χ1n) is 6.93. The van der Waals surface area contributed by atoms with E-state index >= 15 is 0 Å². The monoisotopic (exact) mass is 345 g/mol. The van der Waals surface area contributed by atoms with E-state index in [2.05, 4.69) is 15.0 Å². The predicted molar refractivity (Wildman–Crippen MR) is 93.1 cm³/mol. The molecular weight excluding hydrogens is 330 g/mol. The molecule has 3 rings (SSSR count). The molecule has 7 heteroatoms. The molecule has 2 aromatic heterocycles. The number of aromatic nitrogens is 1. The second kappa shape index (κ2) is 6.80. The molecule has 0 unspecified atom stereocenters. The van der Waals surface area contributed by atoms with Gasteiger partial charge >= 0.3 is 0 Å². The van der Waals surface area contributed by atoms with Gasteiger partial charge < -0.3 is 5.32 Å². The maximum Gasteiger partial charge on any atom is 0.271 e. The third-order valence-electron chi connectivity index (χ3n) is 3.14. The third kappa shape index (κ3) is 4.08. The highest BCUT2D eigenvalue weighted by Gasteiger charge is 2.14. The van der Waals surface area contributed by atoms with E-state index in [1.807, 2.05) is 24.3 Å². The maximum absolute atomic E-state index is 12.1. The molecule has 0 aliphatic rings. The molecule has 0 fully saturated rings. The molecule has 0 saturated heterocycles. The van der Waals surface area contributed by atoms with Gasteiger partial charge in [-0.3, -0.25) is 9.71 Å². The Morgan fingerprint density at radius 1 is 0.957 bits per heavy atom.